The predicted octanol–water partition coefficient (Wildman–Crippen LogP) is 4.52. The van der Waals surface area contributed by atoms with Gasteiger partial charge in [-0.3, -0.25) is 9.55 Å². The van der Waals surface area contributed by atoms with E-state index in [0.29, 0.717) is 31.9 Å². The Bertz CT molecular complexity index is 1720. The lowest BCUT2D eigenvalue weighted by Crippen LogP contribution is -2.44. The number of aryl methyl sites for hydroxylation is 1. The molecule has 0 spiro atoms. The van der Waals surface area contributed by atoms with Crippen molar-refractivity contribution in [2.45, 2.75) is 6.92 Å². The minimum absolute atomic E-state index is 0.0518. The minimum Gasteiger partial charge on any atom is -0.366 e. The minimum atomic E-state index is -1.41. The van der Waals surface area contributed by atoms with E-state index in [1.54, 1.807) is 17.2 Å². The Labute approximate surface area is 216 Å². The fourth-order valence-electron chi connectivity index (χ4n) is 5.15. The van der Waals surface area contributed by atoms with Gasteiger partial charge in [-0.05, 0) is 53.8 Å². The Morgan fingerprint density at radius 2 is 1.66 bits per heavy atom. The lowest BCUT2D eigenvalue weighted by atomic mass is 10.0. The molecule has 0 unspecified atom stereocenters. The van der Waals surface area contributed by atoms with E-state index >= 15 is 13.2 Å². The molecule has 0 aliphatic carbocycles. The third-order valence-corrected chi connectivity index (χ3v) is 7.12. The topological polar surface area (TPSA) is 70.9 Å². The summed E-state index contributed by atoms with van der Waals surface area (Å²) in [7, 11) is 1.47. The summed E-state index contributed by atoms with van der Waals surface area (Å²) in [5.41, 5.74) is 1.54. The zero-order valence-electron chi connectivity index (χ0n) is 20.9. The van der Waals surface area contributed by atoms with Crippen LogP contribution in [0.4, 0.5) is 18.9 Å². The molecule has 2 N–H and O–H groups in total. The van der Waals surface area contributed by atoms with Crippen molar-refractivity contribution >= 4 is 16.6 Å². The molecule has 1 saturated heterocycles. The van der Waals surface area contributed by atoms with Gasteiger partial charge in [-0.25, -0.2) is 18.0 Å². The summed E-state index contributed by atoms with van der Waals surface area (Å²) < 4.78 is 49.0. The molecular formula is C28H25F3N6O. The third-order valence-electron chi connectivity index (χ3n) is 7.12. The van der Waals surface area contributed by atoms with Crippen molar-refractivity contribution in [2.24, 2.45) is 7.05 Å². The SMILES string of the molecule is Cc1c(F)c(-n2c(-c3cc(-c4ccc5[nH]ccc5c4)ccn3)cn(C)c2=O)c(F)c(F)c1N1CCNCC1. The molecule has 6 rings (SSSR count). The maximum atomic E-state index is 15.8. The van der Waals surface area contributed by atoms with Gasteiger partial charge in [0.15, 0.2) is 17.5 Å². The molecule has 1 fully saturated rings. The van der Waals surface area contributed by atoms with Crippen molar-refractivity contribution in [2.75, 3.05) is 31.1 Å². The Morgan fingerprint density at radius 1 is 0.921 bits per heavy atom. The van der Waals surface area contributed by atoms with Gasteiger partial charge in [0.25, 0.3) is 0 Å². The molecule has 0 saturated carbocycles. The lowest BCUT2D eigenvalue weighted by Gasteiger charge is -2.31. The van der Waals surface area contributed by atoms with E-state index in [0.717, 1.165) is 26.6 Å². The van der Waals surface area contributed by atoms with E-state index in [1.807, 2.05) is 36.5 Å². The van der Waals surface area contributed by atoms with Crippen molar-refractivity contribution in [3.63, 3.8) is 0 Å². The molecular weight excluding hydrogens is 493 g/mol. The number of nitrogens with zero attached hydrogens (tertiary/aromatic N) is 4. The number of hydrogen-bond donors (Lipinski definition) is 2. The molecule has 4 heterocycles. The summed E-state index contributed by atoms with van der Waals surface area (Å²) in [5, 5.41) is 4.17. The Kier molecular flexibility index (Phi) is 5.83. The average Bonchev–Trinajstić information content (AvgIpc) is 3.52. The van der Waals surface area contributed by atoms with Gasteiger partial charge in [0.2, 0.25) is 0 Å². The fourth-order valence-corrected chi connectivity index (χ4v) is 5.15. The first-order valence-electron chi connectivity index (χ1n) is 12.3. The first-order valence-corrected chi connectivity index (χ1v) is 12.3. The van der Waals surface area contributed by atoms with Gasteiger partial charge in [-0.1, -0.05) is 6.07 Å². The third kappa shape index (κ3) is 3.79. The molecule has 7 nitrogen and oxygen atoms in total. The summed E-state index contributed by atoms with van der Waals surface area (Å²) in [6.45, 7) is 3.38. The number of benzene rings is 2. The first kappa shape index (κ1) is 24.1. The molecule has 5 aromatic rings. The fraction of sp³-hybridized carbons (Fsp3) is 0.214. The van der Waals surface area contributed by atoms with Crippen molar-refractivity contribution in [3.05, 3.63) is 88.5 Å². The highest BCUT2D eigenvalue weighted by Gasteiger charge is 2.30. The summed E-state index contributed by atoms with van der Waals surface area (Å²) in [4.78, 5) is 22.3. The van der Waals surface area contributed by atoms with Crippen LogP contribution in [0.2, 0.25) is 0 Å². The number of anilines is 1. The van der Waals surface area contributed by atoms with Crippen LogP contribution in [0.15, 0.2) is 59.8 Å². The number of fused-ring (bicyclic) bond motifs is 1. The van der Waals surface area contributed by atoms with Gasteiger partial charge < -0.3 is 19.8 Å². The largest absolute Gasteiger partial charge is 0.366 e. The Balaban J connectivity index is 1.51. The van der Waals surface area contributed by atoms with Crippen LogP contribution >= 0.6 is 0 Å². The lowest BCUT2D eigenvalue weighted by molar-refractivity contribution is 0.477. The van der Waals surface area contributed by atoms with Crippen LogP contribution in [0.25, 0.3) is 39.1 Å². The maximum absolute atomic E-state index is 15.8. The molecule has 0 amide bonds. The number of aromatic nitrogens is 4. The second kappa shape index (κ2) is 9.21. The number of halogens is 3. The number of aromatic amines is 1. The molecule has 1 aliphatic heterocycles. The molecule has 1 aliphatic rings. The van der Waals surface area contributed by atoms with E-state index in [4.69, 9.17) is 0 Å². The van der Waals surface area contributed by atoms with E-state index in [1.165, 1.54) is 24.7 Å². The molecule has 38 heavy (non-hydrogen) atoms. The van der Waals surface area contributed by atoms with Crippen molar-refractivity contribution < 1.29 is 13.2 Å². The number of pyridine rings is 1. The van der Waals surface area contributed by atoms with Gasteiger partial charge in [0.1, 0.15) is 5.69 Å². The predicted molar refractivity (Wildman–Crippen MR) is 141 cm³/mol. The zero-order chi connectivity index (χ0) is 26.6. The van der Waals surface area contributed by atoms with Crippen molar-refractivity contribution in [3.8, 4) is 28.2 Å². The summed E-state index contributed by atoms with van der Waals surface area (Å²) in [5.74, 6) is -3.57. The van der Waals surface area contributed by atoms with Gasteiger partial charge in [0, 0.05) is 62.9 Å². The van der Waals surface area contributed by atoms with Crippen LogP contribution in [0, 0.1) is 24.4 Å². The molecule has 0 radical (unpaired) electrons. The van der Waals surface area contributed by atoms with Crippen LogP contribution in [0.5, 0.6) is 0 Å². The second-order valence-corrected chi connectivity index (χ2v) is 9.45. The molecule has 194 valence electrons. The van der Waals surface area contributed by atoms with Crippen LogP contribution in [0.1, 0.15) is 5.56 Å². The molecule has 0 bridgehead atoms. The van der Waals surface area contributed by atoms with Crippen LogP contribution in [-0.4, -0.2) is 45.3 Å². The molecule has 3 aromatic heterocycles. The summed E-state index contributed by atoms with van der Waals surface area (Å²) in [6.07, 6.45) is 4.87. The van der Waals surface area contributed by atoms with Crippen LogP contribution < -0.4 is 15.9 Å². The van der Waals surface area contributed by atoms with E-state index in [9.17, 15) is 4.79 Å². The zero-order valence-corrected chi connectivity index (χ0v) is 20.9. The summed E-state index contributed by atoms with van der Waals surface area (Å²) >= 11 is 0. The Hall–Kier alpha value is -4.31. The average molecular weight is 519 g/mol. The molecule has 2 aromatic carbocycles. The smallest absolute Gasteiger partial charge is 0.333 e. The highest BCUT2D eigenvalue weighted by Crippen LogP contribution is 2.35. The van der Waals surface area contributed by atoms with E-state index in [-0.39, 0.29) is 16.9 Å². The first-order chi connectivity index (χ1) is 18.3. The quantitative estimate of drug-likeness (QED) is 0.343. The summed E-state index contributed by atoms with van der Waals surface area (Å²) in [6, 6.07) is 11.4. The van der Waals surface area contributed by atoms with Gasteiger partial charge in [-0.15, -0.1) is 0 Å². The van der Waals surface area contributed by atoms with E-state index in [2.05, 4.69) is 15.3 Å². The number of rotatable bonds is 4. The number of nitrogens with one attached hydrogen (secondary N) is 2. The maximum Gasteiger partial charge on any atom is 0.333 e. The van der Waals surface area contributed by atoms with Gasteiger partial charge in [0.05, 0.1) is 17.1 Å². The van der Waals surface area contributed by atoms with Crippen molar-refractivity contribution in [1.29, 1.82) is 0 Å². The van der Waals surface area contributed by atoms with Gasteiger partial charge >= 0.3 is 5.69 Å². The van der Waals surface area contributed by atoms with Crippen molar-refractivity contribution in [1.82, 2.24) is 24.4 Å². The second-order valence-electron chi connectivity index (χ2n) is 9.45. The number of piperazine rings is 1. The van der Waals surface area contributed by atoms with E-state index < -0.39 is 28.8 Å². The highest BCUT2D eigenvalue weighted by atomic mass is 19.2. The standard InChI is InChI=1S/C28H25F3N6O/c1-16-23(29)27(25(31)24(30)26(16)36-11-9-32-10-12-36)37-22(15-35(2)28(37)38)21-14-18(5-7-34-21)17-3-4-20-19(13-17)6-8-33-20/h3-8,13-15,32-33H,9-12H2,1-2H3. The van der Waals surface area contributed by atoms with Crippen LogP contribution in [0.3, 0.4) is 0 Å². The number of imidazole rings is 1. The number of hydrogen-bond acceptors (Lipinski definition) is 4. The molecule has 0 atom stereocenters. The monoisotopic (exact) mass is 518 g/mol. The molecule has 10 heteroatoms. The van der Waals surface area contributed by atoms with Crippen LogP contribution in [-0.2, 0) is 7.05 Å². The Morgan fingerprint density at radius 3 is 2.45 bits per heavy atom. The highest BCUT2D eigenvalue weighted by molar-refractivity contribution is 5.85. The number of H-pyrrole nitrogens is 1. The van der Waals surface area contributed by atoms with Gasteiger partial charge in [-0.2, -0.15) is 0 Å². The normalized spacial score (nSPS) is 14.0.